The Labute approximate surface area is 141 Å². The number of Topliss-reactive ketones (excluding diaryl/α,β-unsaturated/α-hetero) is 1. The molecule has 0 heterocycles. The summed E-state index contributed by atoms with van der Waals surface area (Å²) in [7, 11) is 0. The first-order chi connectivity index (χ1) is 10.9. The number of carbonyl (C=O) groups is 1. The van der Waals surface area contributed by atoms with Gasteiger partial charge in [0.2, 0.25) is 0 Å². The highest BCUT2D eigenvalue weighted by Gasteiger charge is 2.57. The molecular weight excluding hydrogens is 280 g/mol. The molecule has 23 heavy (non-hydrogen) atoms. The molecule has 2 fully saturated rings. The van der Waals surface area contributed by atoms with E-state index in [4.69, 9.17) is 0 Å². The van der Waals surface area contributed by atoms with E-state index in [0.29, 0.717) is 17.6 Å². The maximum absolute atomic E-state index is 12.2. The lowest BCUT2D eigenvalue weighted by Crippen LogP contribution is -2.49. The molecule has 1 nitrogen and oxygen atoms in total. The highest BCUT2D eigenvalue weighted by molar-refractivity contribution is 5.98. The zero-order valence-electron chi connectivity index (χ0n) is 15.3. The maximum Gasteiger partial charge on any atom is 0.162 e. The highest BCUT2D eigenvalue weighted by Crippen LogP contribution is 2.65. The number of hydrogen-bond acceptors (Lipinski definition) is 1. The van der Waals surface area contributed by atoms with Gasteiger partial charge in [0.15, 0.2) is 5.78 Å². The Balaban J connectivity index is 1.72. The van der Waals surface area contributed by atoms with Gasteiger partial charge in [-0.2, -0.15) is 0 Å². The molecule has 0 amide bonds. The molecule has 0 unspecified atom stereocenters. The summed E-state index contributed by atoms with van der Waals surface area (Å²) in [6, 6.07) is 0. The van der Waals surface area contributed by atoms with Crippen LogP contribution in [0.1, 0.15) is 72.6 Å². The first-order valence-corrected chi connectivity index (χ1v) is 9.82. The quantitative estimate of drug-likeness (QED) is 0.567. The van der Waals surface area contributed by atoms with Crippen LogP contribution in [0.15, 0.2) is 23.3 Å². The summed E-state index contributed by atoms with van der Waals surface area (Å²) in [6.07, 6.45) is 13.7. The van der Waals surface area contributed by atoms with Crippen LogP contribution in [0.2, 0.25) is 0 Å². The molecule has 4 aliphatic carbocycles. The molecule has 1 heteroatoms. The molecule has 0 radical (unpaired) electrons. The second-order valence-electron chi connectivity index (χ2n) is 9.28. The van der Waals surface area contributed by atoms with Crippen LogP contribution in [-0.2, 0) is 4.79 Å². The smallest absolute Gasteiger partial charge is 0.162 e. The van der Waals surface area contributed by atoms with Crippen LogP contribution in [-0.4, -0.2) is 5.78 Å². The number of carbonyl (C=O) groups excluding carboxylic acids is 1. The van der Waals surface area contributed by atoms with Crippen molar-refractivity contribution in [2.45, 2.75) is 72.6 Å². The molecule has 4 rings (SSSR count). The highest BCUT2D eigenvalue weighted by atomic mass is 16.1. The van der Waals surface area contributed by atoms with Crippen LogP contribution in [0.25, 0.3) is 0 Å². The Hall–Kier alpha value is -0.850. The van der Waals surface area contributed by atoms with Gasteiger partial charge < -0.3 is 0 Å². The Bertz CT molecular complexity index is 597. The molecule has 0 aromatic carbocycles. The summed E-state index contributed by atoms with van der Waals surface area (Å²) >= 11 is 0. The lowest BCUT2D eigenvalue weighted by atomic mass is 9.48. The lowest BCUT2D eigenvalue weighted by Gasteiger charge is -2.56. The molecule has 2 saturated carbocycles. The van der Waals surface area contributed by atoms with Crippen molar-refractivity contribution >= 4 is 5.78 Å². The fourth-order valence-electron chi connectivity index (χ4n) is 7.18. The van der Waals surface area contributed by atoms with Crippen molar-refractivity contribution in [1.82, 2.24) is 0 Å². The summed E-state index contributed by atoms with van der Waals surface area (Å²) in [5.41, 5.74) is 3.19. The summed E-state index contributed by atoms with van der Waals surface area (Å²) in [5.74, 6) is 3.80. The Morgan fingerprint density at radius 1 is 1.17 bits per heavy atom. The third-order valence-corrected chi connectivity index (χ3v) is 8.53. The molecule has 6 atom stereocenters. The monoisotopic (exact) mass is 312 g/mol. The number of ketones is 1. The van der Waals surface area contributed by atoms with E-state index in [1.54, 1.807) is 0 Å². The first kappa shape index (κ1) is 15.7. The van der Waals surface area contributed by atoms with Gasteiger partial charge >= 0.3 is 0 Å². The number of hydrogen-bond donors (Lipinski definition) is 0. The normalized spacial score (nSPS) is 49.0. The second kappa shape index (κ2) is 5.07. The van der Waals surface area contributed by atoms with Crippen molar-refractivity contribution in [3.05, 3.63) is 23.3 Å². The standard InChI is InChI=1S/C22H32O/c1-5-15-7-9-18-17-8-6-16-12-20(23)14(2)13-22(16,4)19(17)10-11-21(15,18)3/h6,13,15,17-19H,5,7-12H2,1-4H3/t15-,17-,18-,19-,21+,22-/m0/s1. The zero-order chi connectivity index (χ0) is 16.4. The molecule has 0 aromatic heterocycles. The Morgan fingerprint density at radius 3 is 2.70 bits per heavy atom. The van der Waals surface area contributed by atoms with Gasteiger partial charge in [0.25, 0.3) is 0 Å². The minimum absolute atomic E-state index is 0.159. The predicted octanol–water partition coefficient (Wildman–Crippen LogP) is 5.71. The van der Waals surface area contributed by atoms with Gasteiger partial charge in [-0.15, -0.1) is 0 Å². The topological polar surface area (TPSA) is 17.1 Å². The molecule has 0 spiro atoms. The Kier molecular flexibility index (Phi) is 3.45. The van der Waals surface area contributed by atoms with E-state index in [2.05, 4.69) is 32.9 Å². The average Bonchev–Trinajstić information content (AvgIpc) is 2.85. The third-order valence-electron chi connectivity index (χ3n) is 8.53. The number of allylic oxidation sites excluding steroid dienone is 4. The third kappa shape index (κ3) is 2.01. The molecule has 0 bridgehead atoms. The second-order valence-corrected chi connectivity index (χ2v) is 9.28. The molecular formula is C22H32O. The van der Waals surface area contributed by atoms with E-state index in [1.165, 1.54) is 44.1 Å². The van der Waals surface area contributed by atoms with Crippen LogP contribution in [0.3, 0.4) is 0 Å². The summed E-state index contributed by atoms with van der Waals surface area (Å²) in [5, 5.41) is 0. The van der Waals surface area contributed by atoms with Crippen LogP contribution in [0, 0.1) is 34.5 Å². The average molecular weight is 312 g/mol. The van der Waals surface area contributed by atoms with Crippen molar-refractivity contribution < 1.29 is 4.79 Å². The van der Waals surface area contributed by atoms with E-state index in [-0.39, 0.29) is 5.41 Å². The summed E-state index contributed by atoms with van der Waals surface area (Å²) in [6.45, 7) is 9.45. The Morgan fingerprint density at radius 2 is 1.96 bits per heavy atom. The molecule has 126 valence electrons. The van der Waals surface area contributed by atoms with Crippen molar-refractivity contribution in [3.8, 4) is 0 Å². The van der Waals surface area contributed by atoms with E-state index in [1.807, 2.05) is 6.92 Å². The van der Waals surface area contributed by atoms with Gasteiger partial charge in [0.1, 0.15) is 0 Å². The minimum atomic E-state index is 0.159. The largest absolute Gasteiger partial charge is 0.294 e. The van der Waals surface area contributed by atoms with Crippen LogP contribution >= 0.6 is 0 Å². The molecule has 0 aliphatic heterocycles. The minimum Gasteiger partial charge on any atom is -0.294 e. The van der Waals surface area contributed by atoms with Crippen molar-refractivity contribution in [3.63, 3.8) is 0 Å². The van der Waals surface area contributed by atoms with Crippen LogP contribution in [0.5, 0.6) is 0 Å². The van der Waals surface area contributed by atoms with Crippen molar-refractivity contribution in [2.75, 3.05) is 0 Å². The molecule has 0 N–H and O–H groups in total. The predicted molar refractivity (Wildman–Crippen MR) is 95.0 cm³/mol. The molecule has 0 saturated heterocycles. The van der Waals surface area contributed by atoms with Crippen LogP contribution in [0.4, 0.5) is 0 Å². The number of fused-ring (bicyclic) bond motifs is 5. The summed E-state index contributed by atoms with van der Waals surface area (Å²) in [4.78, 5) is 12.2. The molecule has 0 aromatic rings. The number of rotatable bonds is 1. The van der Waals surface area contributed by atoms with Crippen LogP contribution < -0.4 is 0 Å². The van der Waals surface area contributed by atoms with E-state index in [9.17, 15) is 4.79 Å². The van der Waals surface area contributed by atoms with Gasteiger partial charge in [0.05, 0.1) is 0 Å². The fourth-order valence-corrected chi connectivity index (χ4v) is 7.18. The lowest BCUT2D eigenvalue weighted by molar-refractivity contribution is -0.116. The van der Waals surface area contributed by atoms with E-state index < -0.39 is 0 Å². The van der Waals surface area contributed by atoms with Gasteiger partial charge in [-0.1, -0.05) is 44.9 Å². The molecule has 4 aliphatic rings. The first-order valence-electron chi connectivity index (χ1n) is 9.82. The maximum atomic E-state index is 12.2. The zero-order valence-corrected chi connectivity index (χ0v) is 15.3. The SMILES string of the molecule is CC[C@H]1CC[C@H]2[C@@H]3CC=C4CC(=O)C(C)=C[C@]4(C)[C@H]3CC[C@]12C. The van der Waals surface area contributed by atoms with Gasteiger partial charge in [-0.3, -0.25) is 4.79 Å². The van der Waals surface area contributed by atoms with Gasteiger partial charge in [-0.05, 0) is 73.7 Å². The van der Waals surface area contributed by atoms with E-state index >= 15 is 0 Å². The van der Waals surface area contributed by atoms with E-state index in [0.717, 1.165) is 29.2 Å². The van der Waals surface area contributed by atoms with Gasteiger partial charge in [-0.25, -0.2) is 0 Å². The summed E-state index contributed by atoms with van der Waals surface area (Å²) < 4.78 is 0. The van der Waals surface area contributed by atoms with Crippen molar-refractivity contribution in [1.29, 1.82) is 0 Å². The fraction of sp³-hybridized carbons (Fsp3) is 0.773. The van der Waals surface area contributed by atoms with Crippen molar-refractivity contribution in [2.24, 2.45) is 34.5 Å². The van der Waals surface area contributed by atoms with Gasteiger partial charge in [0, 0.05) is 11.8 Å².